The molecular weight excluding hydrogens is 635 g/mol. The molecule has 4 aromatic rings. The molecule has 1 aliphatic heterocycles. The number of carbonyl (C=O) groups is 1. The van der Waals surface area contributed by atoms with Gasteiger partial charge in [-0.2, -0.15) is 0 Å². The number of rotatable bonds is 18. The van der Waals surface area contributed by atoms with Crippen molar-refractivity contribution in [1.82, 2.24) is 15.2 Å². The third-order valence-corrected chi connectivity index (χ3v) is 11.1. The Balaban J connectivity index is 0.879. The molecule has 0 radical (unpaired) electrons. The molecule has 0 aliphatic carbocycles. The molecule has 1 aromatic carbocycles. The summed E-state index contributed by atoms with van der Waals surface area (Å²) in [7, 11) is 0. The molecule has 254 valence electrons. The first-order valence-corrected chi connectivity index (χ1v) is 18.6. The molecule has 5 N–H and O–H groups in total. The van der Waals surface area contributed by atoms with Crippen LogP contribution in [0.3, 0.4) is 0 Å². The van der Waals surface area contributed by atoms with Crippen LogP contribution < -0.4 is 10.9 Å². The number of aliphatic hydroxyl groups is 2. The topological polar surface area (TPSA) is 135 Å². The number of phenolic OH excluding ortho intramolecular Hbond substituents is 1. The van der Waals surface area contributed by atoms with Gasteiger partial charge in [0.05, 0.1) is 28.0 Å². The van der Waals surface area contributed by atoms with Gasteiger partial charge in [-0.3, -0.25) is 4.79 Å². The summed E-state index contributed by atoms with van der Waals surface area (Å²) >= 11 is 2.73. The number of fused-ring (bicyclic) bond motifs is 1. The number of aromatic hydroxyl groups is 1. The first kappa shape index (κ1) is 35.3. The number of aromatic nitrogens is 1. The number of hydrogen-bond donors (Lipinski definition) is 5. The smallest absolute Gasteiger partial charge is 0.349 e. The van der Waals surface area contributed by atoms with Gasteiger partial charge >= 0.3 is 5.97 Å². The van der Waals surface area contributed by atoms with Gasteiger partial charge in [0.25, 0.3) is 0 Å². The number of thiophene rings is 2. The molecule has 3 aromatic heterocycles. The van der Waals surface area contributed by atoms with Gasteiger partial charge in [0.2, 0.25) is 11.2 Å². The first-order valence-electron chi connectivity index (χ1n) is 16.8. The lowest BCUT2D eigenvalue weighted by atomic mass is 9.96. The Bertz CT molecular complexity index is 1550. The van der Waals surface area contributed by atoms with Gasteiger partial charge in [-0.25, -0.2) is 4.79 Å². The highest BCUT2D eigenvalue weighted by Gasteiger charge is 2.44. The molecule has 4 heterocycles. The van der Waals surface area contributed by atoms with E-state index in [0.717, 1.165) is 51.9 Å². The predicted molar refractivity (Wildman–Crippen MR) is 188 cm³/mol. The van der Waals surface area contributed by atoms with E-state index in [-0.39, 0.29) is 11.3 Å². The van der Waals surface area contributed by atoms with Gasteiger partial charge in [0.15, 0.2) is 0 Å². The second-order valence-corrected chi connectivity index (χ2v) is 14.4. The molecule has 0 spiro atoms. The highest BCUT2D eigenvalue weighted by molar-refractivity contribution is 7.12. The van der Waals surface area contributed by atoms with Gasteiger partial charge in [-0.1, -0.05) is 50.3 Å². The molecule has 1 unspecified atom stereocenters. The van der Waals surface area contributed by atoms with Crippen molar-refractivity contribution in [2.24, 2.45) is 5.92 Å². The number of hydrogen-bond acceptors (Lipinski definition) is 10. The van der Waals surface area contributed by atoms with Crippen LogP contribution in [0.2, 0.25) is 0 Å². The molecular formula is C36H47N3O6S2. The van der Waals surface area contributed by atoms with E-state index in [1.54, 1.807) is 24.3 Å². The lowest BCUT2D eigenvalue weighted by Crippen LogP contribution is -2.40. The fourth-order valence-corrected chi connectivity index (χ4v) is 8.05. The number of unbranched alkanes of at least 4 members (excludes halogenated alkanes) is 6. The summed E-state index contributed by atoms with van der Waals surface area (Å²) in [5.74, 6) is -0.266. The van der Waals surface area contributed by atoms with Crippen molar-refractivity contribution in [2.45, 2.75) is 69.5 Å². The number of piperidine rings is 1. The largest absolute Gasteiger partial charge is 0.506 e. The van der Waals surface area contributed by atoms with E-state index >= 15 is 0 Å². The van der Waals surface area contributed by atoms with Crippen LogP contribution in [0.5, 0.6) is 5.75 Å². The zero-order valence-corrected chi connectivity index (χ0v) is 28.5. The van der Waals surface area contributed by atoms with Crippen LogP contribution in [0.4, 0.5) is 0 Å². The van der Waals surface area contributed by atoms with Crippen molar-refractivity contribution < 1.29 is 24.9 Å². The Morgan fingerprint density at radius 1 is 0.957 bits per heavy atom. The Kier molecular flexibility index (Phi) is 13.0. The second kappa shape index (κ2) is 17.4. The fraction of sp³-hybridized carbons (Fsp3) is 0.500. The zero-order chi connectivity index (χ0) is 33.1. The monoisotopic (exact) mass is 681 g/mol. The number of nitrogens with one attached hydrogen (secondary N) is 2. The zero-order valence-electron chi connectivity index (χ0n) is 26.9. The molecule has 9 nitrogen and oxygen atoms in total. The minimum atomic E-state index is -1.74. The summed E-state index contributed by atoms with van der Waals surface area (Å²) in [5, 5.41) is 39.8. The summed E-state index contributed by atoms with van der Waals surface area (Å²) in [4.78, 5) is 31.1. The summed E-state index contributed by atoms with van der Waals surface area (Å²) in [5.41, 5.74) is -0.993. The van der Waals surface area contributed by atoms with E-state index in [4.69, 9.17) is 4.74 Å². The number of pyridine rings is 1. The van der Waals surface area contributed by atoms with Gasteiger partial charge in [-0.15, -0.1) is 22.7 Å². The SMILES string of the molecule is O=C(OCC1CCN(CCCCCCCCCNCC(O)c2ccc(O)c3[nH]c(=O)ccc23)CC1)C(O)(c1cccs1)c1cccs1. The Morgan fingerprint density at radius 2 is 1.62 bits per heavy atom. The van der Waals surface area contributed by atoms with Crippen molar-refractivity contribution >= 4 is 39.5 Å². The third kappa shape index (κ3) is 9.31. The highest BCUT2D eigenvalue weighted by Crippen LogP contribution is 2.37. The third-order valence-electron chi connectivity index (χ3n) is 9.14. The normalized spacial score (nSPS) is 15.3. The van der Waals surface area contributed by atoms with Crippen molar-refractivity contribution in [3.05, 3.63) is 85.0 Å². The number of aliphatic hydroxyl groups excluding tert-OH is 1. The number of benzene rings is 1. The van der Waals surface area contributed by atoms with Crippen molar-refractivity contribution in [1.29, 1.82) is 0 Å². The minimum Gasteiger partial charge on any atom is -0.506 e. The highest BCUT2D eigenvalue weighted by atomic mass is 32.1. The predicted octanol–water partition coefficient (Wildman–Crippen LogP) is 5.90. The quantitative estimate of drug-likeness (QED) is 0.0648. The van der Waals surface area contributed by atoms with Crippen LogP contribution >= 0.6 is 22.7 Å². The molecule has 1 atom stereocenters. The van der Waals surface area contributed by atoms with Crippen molar-refractivity contribution in [2.75, 3.05) is 39.3 Å². The average molecular weight is 682 g/mol. The Labute approximate surface area is 284 Å². The number of aromatic amines is 1. The van der Waals surface area contributed by atoms with Crippen LogP contribution in [0.15, 0.2) is 64.1 Å². The van der Waals surface area contributed by atoms with Crippen LogP contribution in [-0.4, -0.2) is 70.5 Å². The number of esters is 1. The maximum atomic E-state index is 13.1. The van der Waals surface area contributed by atoms with Gasteiger partial charge in [0, 0.05) is 18.0 Å². The molecule has 1 fully saturated rings. The number of phenols is 1. The van der Waals surface area contributed by atoms with Gasteiger partial charge in [-0.05, 0) is 98.4 Å². The van der Waals surface area contributed by atoms with Crippen LogP contribution in [-0.2, 0) is 15.1 Å². The summed E-state index contributed by atoms with van der Waals surface area (Å²) in [6, 6.07) is 13.5. The number of nitrogens with zero attached hydrogens (tertiary/aromatic N) is 1. The molecule has 11 heteroatoms. The van der Waals surface area contributed by atoms with Crippen molar-refractivity contribution in [3.63, 3.8) is 0 Å². The number of H-pyrrole nitrogens is 1. The number of ether oxygens (including phenoxy) is 1. The summed E-state index contributed by atoms with van der Waals surface area (Å²) in [6.07, 6.45) is 9.60. The lowest BCUT2D eigenvalue weighted by molar-refractivity contribution is -0.163. The van der Waals surface area contributed by atoms with E-state index < -0.39 is 17.7 Å². The number of likely N-dealkylation sites (tertiary alicyclic amines) is 1. The van der Waals surface area contributed by atoms with E-state index in [9.17, 15) is 24.9 Å². The maximum Gasteiger partial charge on any atom is 0.349 e. The molecule has 47 heavy (non-hydrogen) atoms. The standard InChI is InChI=1S/C36H47N3O6S2/c40-29-14-12-27(28-13-15-33(42)38-34(28)29)30(41)24-37-18-6-4-2-1-3-5-7-19-39-20-16-26(17-21-39)25-45-35(43)36(44,31-10-8-22-46-31)32-11-9-23-47-32/h8-15,22-23,26,30,37,40-41,44H,1-7,16-21,24-25H2,(H,38,42). The van der Waals surface area contributed by atoms with Crippen LogP contribution in [0, 0.1) is 5.92 Å². The fourth-order valence-electron chi connectivity index (χ4n) is 6.33. The van der Waals surface area contributed by atoms with Crippen molar-refractivity contribution in [3.8, 4) is 5.75 Å². The molecule has 0 bridgehead atoms. The van der Waals surface area contributed by atoms with Crippen LogP contribution in [0.1, 0.15) is 79.2 Å². The van der Waals surface area contributed by atoms with Gasteiger partial charge < -0.3 is 35.3 Å². The van der Waals surface area contributed by atoms with E-state index in [1.807, 2.05) is 22.9 Å². The molecule has 0 amide bonds. The second-order valence-electron chi connectivity index (χ2n) is 12.5. The summed E-state index contributed by atoms with van der Waals surface area (Å²) in [6.45, 7) is 4.75. The Hall–Kier alpha value is -3.06. The van der Waals surface area contributed by atoms with E-state index in [1.165, 1.54) is 66.9 Å². The minimum absolute atomic E-state index is 0.00501. The van der Waals surface area contributed by atoms with E-state index in [2.05, 4.69) is 15.2 Å². The lowest BCUT2D eigenvalue weighted by Gasteiger charge is -2.32. The molecule has 1 aliphatic rings. The first-order chi connectivity index (χ1) is 22.9. The van der Waals surface area contributed by atoms with Gasteiger partial charge in [0.1, 0.15) is 5.75 Å². The Morgan fingerprint density at radius 3 is 2.28 bits per heavy atom. The number of carbonyl (C=O) groups excluding carboxylic acids is 1. The van der Waals surface area contributed by atoms with E-state index in [0.29, 0.717) is 45.3 Å². The maximum absolute atomic E-state index is 13.1. The molecule has 0 saturated carbocycles. The van der Waals surface area contributed by atoms with Crippen LogP contribution in [0.25, 0.3) is 10.9 Å². The summed E-state index contributed by atoms with van der Waals surface area (Å²) < 4.78 is 5.72. The molecule has 5 rings (SSSR count). The average Bonchev–Trinajstić information content (AvgIpc) is 3.83. The molecule has 1 saturated heterocycles.